The molecule has 1 saturated heterocycles. The molecule has 0 aliphatic carbocycles. The van der Waals surface area contributed by atoms with Gasteiger partial charge in [-0.1, -0.05) is 51.1 Å². The summed E-state index contributed by atoms with van der Waals surface area (Å²) < 4.78 is 23.9. The molecule has 0 amide bonds. The van der Waals surface area contributed by atoms with Crippen LogP contribution in [-0.2, 0) is 19.5 Å². The normalized spacial score (nSPS) is 17.9. The Kier molecular flexibility index (Phi) is 8.36. The summed E-state index contributed by atoms with van der Waals surface area (Å²) in [7, 11) is 1.98. The molecule has 0 saturated carbocycles. The van der Waals surface area contributed by atoms with Crippen LogP contribution in [-0.4, -0.2) is 29.8 Å². The van der Waals surface area contributed by atoms with Gasteiger partial charge >= 0.3 is 0 Å². The minimum Gasteiger partial charge on any atom is -0.495 e. The second-order valence-corrected chi connectivity index (χ2v) is 11.9. The van der Waals surface area contributed by atoms with Gasteiger partial charge in [-0.2, -0.15) is 5.26 Å². The Balaban J connectivity index is 1.89. The van der Waals surface area contributed by atoms with Crippen LogP contribution in [0.15, 0.2) is 42.5 Å². The Labute approximate surface area is 201 Å². The average molecular weight is 466 g/mol. The van der Waals surface area contributed by atoms with Crippen LogP contribution in [0.1, 0.15) is 82.2 Å². The smallest absolute Gasteiger partial charge is 0.236 e. The third-order valence-electron chi connectivity index (χ3n) is 5.59. The molecule has 2 unspecified atom stereocenters. The molecule has 1 aliphatic heterocycles. The summed E-state index contributed by atoms with van der Waals surface area (Å²) in [5.74, 6) is 0.558. The lowest BCUT2D eigenvalue weighted by Crippen LogP contribution is -2.28. The van der Waals surface area contributed by atoms with E-state index < -0.39 is 0 Å². The Bertz CT molecular complexity index is 954. The van der Waals surface area contributed by atoms with Gasteiger partial charge in [-0.25, -0.2) is 0 Å². The van der Waals surface area contributed by atoms with E-state index in [-0.39, 0.29) is 23.0 Å². The highest BCUT2D eigenvalue weighted by atomic mass is 28.2. The second-order valence-electron chi connectivity index (χ2n) is 9.97. The maximum atomic E-state index is 9.57. The summed E-state index contributed by atoms with van der Waals surface area (Å²) >= 11 is 0. The van der Waals surface area contributed by atoms with E-state index >= 15 is 0 Å². The molecule has 0 N–H and O–H groups in total. The molecular weight excluding hydrogens is 430 g/mol. The second kappa shape index (κ2) is 10.8. The van der Waals surface area contributed by atoms with E-state index in [4.69, 9.17) is 18.6 Å². The van der Waals surface area contributed by atoms with Crippen molar-refractivity contribution in [2.24, 2.45) is 0 Å². The Morgan fingerprint density at radius 1 is 1.03 bits per heavy atom. The molecule has 0 spiro atoms. The SMILES string of the molecule is COc1ccc(C(OC2CCCCO2)c2ccc(C(C)(C)O[Si]C(C)(C)C)cc2)cc1C#N. The zero-order valence-corrected chi connectivity index (χ0v) is 21.6. The van der Waals surface area contributed by atoms with Gasteiger partial charge in [0.2, 0.25) is 9.76 Å². The number of hydrogen-bond acceptors (Lipinski definition) is 5. The van der Waals surface area contributed by atoms with Gasteiger partial charge in [-0.05, 0) is 67.0 Å². The molecule has 2 aromatic rings. The third-order valence-corrected chi connectivity index (χ3v) is 6.82. The number of nitrogens with zero attached hydrogens (tertiary/aromatic N) is 1. The molecule has 33 heavy (non-hydrogen) atoms. The Morgan fingerprint density at radius 2 is 1.73 bits per heavy atom. The van der Waals surface area contributed by atoms with E-state index in [1.807, 2.05) is 18.2 Å². The van der Waals surface area contributed by atoms with E-state index in [0.717, 1.165) is 36.0 Å². The van der Waals surface area contributed by atoms with Crippen LogP contribution in [0.3, 0.4) is 0 Å². The summed E-state index contributed by atoms with van der Waals surface area (Å²) in [6, 6.07) is 16.2. The lowest BCUT2D eigenvalue weighted by molar-refractivity contribution is -0.181. The van der Waals surface area contributed by atoms with Crippen molar-refractivity contribution in [1.82, 2.24) is 0 Å². The molecule has 6 heteroatoms. The number of hydrogen-bond donors (Lipinski definition) is 0. The van der Waals surface area contributed by atoms with Gasteiger partial charge in [0.1, 0.15) is 17.9 Å². The molecule has 2 atom stereocenters. The lowest BCUT2D eigenvalue weighted by atomic mass is 9.94. The topological polar surface area (TPSA) is 60.7 Å². The molecule has 1 fully saturated rings. The first-order valence-electron chi connectivity index (χ1n) is 11.5. The molecule has 1 aliphatic rings. The number of ether oxygens (including phenoxy) is 3. The van der Waals surface area contributed by atoms with Crippen LogP contribution in [0, 0.1) is 11.3 Å². The van der Waals surface area contributed by atoms with E-state index in [1.54, 1.807) is 7.11 Å². The van der Waals surface area contributed by atoms with Crippen molar-refractivity contribution in [2.75, 3.05) is 13.7 Å². The summed E-state index contributed by atoms with van der Waals surface area (Å²) in [6.07, 6.45) is 2.40. The highest BCUT2D eigenvalue weighted by Crippen LogP contribution is 2.35. The third kappa shape index (κ3) is 6.91. The predicted molar refractivity (Wildman–Crippen MR) is 130 cm³/mol. The van der Waals surface area contributed by atoms with Crippen LogP contribution in [0.2, 0.25) is 5.04 Å². The molecular formula is C27H35NO4Si. The first kappa shape index (κ1) is 25.4. The van der Waals surface area contributed by atoms with Gasteiger partial charge in [-0.15, -0.1) is 0 Å². The summed E-state index contributed by atoms with van der Waals surface area (Å²) in [5, 5.41) is 9.70. The van der Waals surface area contributed by atoms with Gasteiger partial charge in [0.25, 0.3) is 0 Å². The molecule has 3 rings (SSSR count). The quantitative estimate of drug-likeness (QED) is 0.429. The summed E-state index contributed by atoms with van der Waals surface area (Å²) in [6.45, 7) is 11.5. The largest absolute Gasteiger partial charge is 0.495 e. The van der Waals surface area contributed by atoms with E-state index in [2.05, 4.69) is 65.0 Å². The van der Waals surface area contributed by atoms with Crippen LogP contribution < -0.4 is 4.74 Å². The van der Waals surface area contributed by atoms with Gasteiger partial charge < -0.3 is 18.6 Å². The van der Waals surface area contributed by atoms with Crippen molar-refractivity contribution in [3.05, 3.63) is 64.7 Å². The van der Waals surface area contributed by atoms with Crippen molar-refractivity contribution in [2.45, 2.75) is 76.9 Å². The molecule has 2 aromatic carbocycles. The van der Waals surface area contributed by atoms with Crippen molar-refractivity contribution in [3.8, 4) is 11.8 Å². The summed E-state index contributed by atoms with van der Waals surface area (Å²) in [5.41, 5.74) is 3.13. The number of benzene rings is 2. The van der Waals surface area contributed by atoms with Gasteiger partial charge in [-0.3, -0.25) is 0 Å². The van der Waals surface area contributed by atoms with Gasteiger partial charge in [0, 0.05) is 6.61 Å². The molecule has 176 valence electrons. The van der Waals surface area contributed by atoms with Crippen molar-refractivity contribution in [3.63, 3.8) is 0 Å². The van der Waals surface area contributed by atoms with Crippen LogP contribution in [0.25, 0.3) is 0 Å². The van der Waals surface area contributed by atoms with Crippen LogP contribution in [0.4, 0.5) is 0 Å². The van der Waals surface area contributed by atoms with Crippen LogP contribution in [0.5, 0.6) is 5.75 Å². The molecule has 5 nitrogen and oxygen atoms in total. The zero-order chi connectivity index (χ0) is 24.1. The maximum absolute atomic E-state index is 9.57. The fourth-order valence-corrected chi connectivity index (χ4v) is 4.37. The first-order valence-corrected chi connectivity index (χ1v) is 12.4. The fourth-order valence-electron chi connectivity index (χ4n) is 3.69. The van der Waals surface area contributed by atoms with Crippen molar-refractivity contribution >= 4 is 9.76 Å². The fraction of sp³-hybridized carbons (Fsp3) is 0.519. The molecule has 1 heterocycles. The monoisotopic (exact) mass is 465 g/mol. The zero-order valence-electron chi connectivity index (χ0n) is 20.6. The number of nitriles is 1. The minimum absolute atomic E-state index is 0.128. The van der Waals surface area contributed by atoms with Crippen LogP contribution >= 0.6 is 0 Å². The predicted octanol–water partition coefficient (Wildman–Crippen LogP) is 6.29. The van der Waals surface area contributed by atoms with Crippen molar-refractivity contribution in [1.29, 1.82) is 5.26 Å². The standard InChI is InChI=1S/C27H35NO4Si/c1-26(2,3)33-32-27(4,5)22-13-10-19(11-14-22)25(31-24-9-7-8-16-30-24)20-12-15-23(29-6)21(17-20)18-28/h10-15,17,24-25H,7-9,16H2,1-6H3. The summed E-state index contributed by atoms with van der Waals surface area (Å²) in [4.78, 5) is 0. The highest BCUT2D eigenvalue weighted by Gasteiger charge is 2.27. The molecule has 2 radical (unpaired) electrons. The highest BCUT2D eigenvalue weighted by molar-refractivity contribution is 6.31. The average Bonchev–Trinajstić information content (AvgIpc) is 2.81. The van der Waals surface area contributed by atoms with E-state index in [1.165, 1.54) is 0 Å². The first-order chi connectivity index (χ1) is 15.6. The van der Waals surface area contributed by atoms with E-state index in [0.29, 0.717) is 27.7 Å². The van der Waals surface area contributed by atoms with Gasteiger partial charge in [0.15, 0.2) is 6.29 Å². The Morgan fingerprint density at radius 3 is 2.30 bits per heavy atom. The number of methoxy groups -OCH3 is 1. The van der Waals surface area contributed by atoms with Crippen molar-refractivity contribution < 1.29 is 18.6 Å². The number of rotatable bonds is 8. The van der Waals surface area contributed by atoms with Gasteiger partial charge in [0.05, 0.1) is 18.3 Å². The molecule has 0 bridgehead atoms. The molecule has 0 aromatic heterocycles. The van der Waals surface area contributed by atoms with E-state index in [9.17, 15) is 5.26 Å². The maximum Gasteiger partial charge on any atom is 0.236 e. The Hall–Kier alpha value is -2.17. The minimum atomic E-state index is -0.388. The lowest BCUT2D eigenvalue weighted by Gasteiger charge is -2.31.